The van der Waals surface area contributed by atoms with E-state index in [2.05, 4.69) is 15.0 Å². The molecule has 16 heavy (non-hydrogen) atoms. The lowest BCUT2D eigenvalue weighted by Gasteiger charge is -1.96. The van der Waals surface area contributed by atoms with Crippen molar-refractivity contribution < 1.29 is 9.59 Å². The van der Waals surface area contributed by atoms with E-state index in [4.69, 9.17) is 0 Å². The first-order chi connectivity index (χ1) is 7.65. The highest BCUT2D eigenvalue weighted by molar-refractivity contribution is 5.96. The lowest BCUT2D eigenvalue weighted by Crippen LogP contribution is -2.39. The monoisotopic (exact) mass is 220 g/mol. The van der Waals surface area contributed by atoms with Crippen LogP contribution in [0.5, 0.6) is 0 Å². The first kappa shape index (κ1) is 9.81. The van der Waals surface area contributed by atoms with E-state index in [0.717, 1.165) is 0 Å². The molecule has 2 rings (SSSR count). The zero-order chi connectivity index (χ0) is 11.7. The van der Waals surface area contributed by atoms with Crippen LogP contribution in [-0.2, 0) is 4.79 Å². The highest BCUT2D eigenvalue weighted by Gasteiger charge is 2.13. The van der Waals surface area contributed by atoms with Gasteiger partial charge in [-0.05, 0) is 0 Å². The van der Waals surface area contributed by atoms with Gasteiger partial charge in [-0.15, -0.1) is 0 Å². The van der Waals surface area contributed by atoms with Gasteiger partial charge in [0.05, 0.1) is 12.4 Å². The van der Waals surface area contributed by atoms with Crippen molar-refractivity contribution in [1.82, 2.24) is 19.5 Å². The Morgan fingerprint density at radius 1 is 1.50 bits per heavy atom. The van der Waals surface area contributed by atoms with Crippen molar-refractivity contribution in [3.8, 4) is 0 Å². The van der Waals surface area contributed by atoms with Crippen LogP contribution in [0.25, 0.3) is 11.2 Å². The second-order valence-electron chi connectivity index (χ2n) is 2.80. The summed E-state index contributed by atoms with van der Waals surface area (Å²) in [4.78, 5) is 52.5. The summed E-state index contributed by atoms with van der Waals surface area (Å²) in [5.41, 5.74) is -1.80. The largest absolute Gasteiger partial charge is 0.339 e. The number of aromatic nitrogens is 4. The van der Waals surface area contributed by atoms with Gasteiger partial charge in [0.1, 0.15) is 11.5 Å². The third-order valence-electron chi connectivity index (χ3n) is 1.89. The van der Waals surface area contributed by atoms with Crippen molar-refractivity contribution in [2.24, 2.45) is 0 Å². The molecule has 2 heterocycles. The molecule has 0 aromatic carbocycles. The number of fused-ring (bicyclic) bond motifs is 1. The van der Waals surface area contributed by atoms with Crippen LogP contribution in [0.3, 0.4) is 0 Å². The molecule has 0 fully saturated rings. The number of nitrogens with zero attached hydrogens (tertiary/aromatic N) is 2. The van der Waals surface area contributed by atoms with Crippen LogP contribution in [0.1, 0.15) is 4.79 Å². The van der Waals surface area contributed by atoms with Crippen molar-refractivity contribution in [2.75, 3.05) is 0 Å². The predicted molar refractivity (Wildman–Crippen MR) is 51.9 cm³/mol. The first-order valence-electron chi connectivity index (χ1n) is 4.09. The van der Waals surface area contributed by atoms with Gasteiger partial charge in [0.15, 0.2) is 5.65 Å². The van der Waals surface area contributed by atoms with E-state index in [1.807, 2.05) is 0 Å². The normalized spacial score (nSPS) is 10.0. The maximum atomic E-state index is 11.6. The van der Waals surface area contributed by atoms with E-state index in [9.17, 15) is 19.2 Å². The van der Waals surface area contributed by atoms with Gasteiger partial charge >= 0.3 is 5.69 Å². The summed E-state index contributed by atoms with van der Waals surface area (Å²) in [6, 6.07) is 0. The van der Waals surface area contributed by atoms with Gasteiger partial charge in [-0.3, -0.25) is 14.6 Å². The molecule has 0 atom stereocenters. The van der Waals surface area contributed by atoms with Gasteiger partial charge in [-0.2, -0.15) is 4.57 Å². The van der Waals surface area contributed by atoms with Crippen LogP contribution >= 0.6 is 0 Å². The van der Waals surface area contributed by atoms with Crippen LogP contribution in [0.2, 0.25) is 0 Å². The number of carbonyl (C=O) groups excluding carboxylic acids is 2. The average molecular weight is 220 g/mol. The molecule has 2 N–H and O–H groups in total. The Morgan fingerprint density at radius 3 is 2.94 bits per heavy atom. The maximum absolute atomic E-state index is 11.6. The number of imidazole rings is 1. The number of hydrogen-bond acceptors (Lipinski definition) is 5. The molecule has 0 unspecified atom stereocenters. The molecule has 0 radical (unpaired) electrons. The lowest BCUT2D eigenvalue weighted by molar-refractivity contribution is 0.0961. The quantitative estimate of drug-likeness (QED) is 0.445. The van der Waals surface area contributed by atoms with Crippen LogP contribution in [0.4, 0.5) is 0 Å². The molecule has 80 valence electrons. The Morgan fingerprint density at radius 2 is 2.25 bits per heavy atom. The predicted octanol–water partition coefficient (Wildman–Crippen LogP) is -1.56. The van der Waals surface area contributed by atoms with E-state index in [1.165, 1.54) is 12.3 Å². The molecule has 8 heteroatoms. The molecule has 0 bridgehead atoms. The molecule has 8 nitrogen and oxygen atoms in total. The van der Waals surface area contributed by atoms with Gasteiger partial charge in [0.2, 0.25) is 0 Å². The number of nitrogens with one attached hydrogen (secondary N) is 2. The topological polar surface area (TPSA) is 118 Å². The van der Waals surface area contributed by atoms with Crippen molar-refractivity contribution >= 4 is 23.0 Å². The zero-order valence-electron chi connectivity index (χ0n) is 7.68. The zero-order valence-corrected chi connectivity index (χ0v) is 7.68. The molecular formula is C8H4N4O4. The second-order valence-corrected chi connectivity index (χ2v) is 2.80. The molecule has 0 aliphatic rings. The lowest BCUT2D eigenvalue weighted by atomic mass is 10.5. The van der Waals surface area contributed by atoms with E-state index < -0.39 is 17.2 Å². The summed E-state index contributed by atoms with van der Waals surface area (Å²) in [6.45, 7) is 0. The molecule has 0 aliphatic heterocycles. The van der Waals surface area contributed by atoms with Crippen molar-refractivity contribution in [2.45, 2.75) is 0 Å². The summed E-state index contributed by atoms with van der Waals surface area (Å²) in [5.74, 6) is 0.142. The number of hydrogen-bond donors (Lipinski definition) is 2. The standard InChI is InChI=1S/C8H4N4O4/c13-2-1-4(14)12-7(15)5-6(10-3-9-5)11-8(12)16/h1,3H,(H,9,10)(H,11,16). The van der Waals surface area contributed by atoms with Crippen LogP contribution in [-0.4, -0.2) is 31.4 Å². The maximum Gasteiger partial charge on any atom is 0.337 e. The Labute approximate surface area is 86.2 Å². The van der Waals surface area contributed by atoms with Crippen LogP contribution in [0.15, 0.2) is 22.0 Å². The highest BCUT2D eigenvalue weighted by atomic mass is 16.2. The Balaban J connectivity index is 2.89. The summed E-state index contributed by atoms with van der Waals surface area (Å²) in [7, 11) is 0. The van der Waals surface area contributed by atoms with E-state index in [-0.39, 0.29) is 15.7 Å². The number of aromatic amines is 2. The molecule has 0 saturated carbocycles. The summed E-state index contributed by atoms with van der Waals surface area (Å²) in [5, 5.41) is 0. The number of allylic oxidation sites excluding steroid dienone is 1. The van der Waals surface area contributed by atoms with E-state index >= 15 is 0 Å². The Bertz CT molecular complexity index is 728. The molecule has 2 aromatic heterocycles. The van der Waals surface area contributed by atoms with Gasteiger partial charge in [-0.25, -0.2) is 14.6 Å². The molecule has 2 aromatic rings. The van der Waals surface area contributed by atoms with Gasteiger partial charge in [0, 0.05) is 0 Å². The molecule has 0 amide bonds. The molecule has 0 saturated heterocycles. The fraction of sp³-hybridized carbons (Fsp3) is 0. The Kier molecular flexibility index (Phi) is 2.11. The molecule has 0 aliphatic carbocycles. The first-order valence-corrected chi connectivity index (χ1v) is 4.09. The Hall–Kier alpha value is -2.73. The van der Waals surface area contributed by atoms with E-state index in [0.29, 0.717) is 6.08 Å². The van der Waals surface area contributed by atoms with Crippen molar-refractivity contribution in [3.05, 3.63) is 33.2 Å². The summed E-state index contributed by atoms with van der Waals surface area (Å²) in [6.07, 6.45) is 1.66. The van der Waals surface area contributed by atoms with Crippen molar-refractivity contribution in [1.29, 1.82) is 0 Å². The smallest absolute Gasteiger partial charge is 0.337 e. The fourth-order valence-corrected chi connectivity index (χ4v) is 1.23. The minimum atomic E-state index is -1.06. The summed E-state index contributed by atoms with van der Waals surface area (Å²) < 4.78 is 0.283. The number of carbonyl (C=O) groups is 1. The summed E-state index contributed by atoms with van der Waals surface area (Å²) >= 11 is 0. The van der Waals surface area contributed by atoms with Crippen LogP contribution < -0.4 is 11.2 Å². The molecular weight excluding hydrogens is 216 g/mol. The van der Waals surface area contributed by atoms with Crippen LogP contribution in [0, 0.1) is 0 Å². The number of rotatable bonds is 1. The molecule has 0 spiro atoms. The minimum Gasteiger partial charge on any atom is -0.339 e. The van der Waals surface area contributed by atoms with Gasteiger partial charge < -0.3 is 4.98 Å². The highest BCUT2D eigenvalue weighted by Crippen LogP contribution is 1.94. The van der Waals surface area contributed by atoms with Gasteiger partial charge in [0.25, 0.3) is 11.5 Å². The third-order valence-corrected chi connectivity index (χ3v) is 1.89. The SMILES string of the molecule is O=C=CC(=O)n1c(=O)[nH]c2nc[nH]c2c1=O. The van der Waals surface area contributed by atoms with Gasteiger partial charge in [-0.1, -0.05) is 0 Å². The second kappa shape index (κ2) is 3.44. The number of H-pyrrole nitrogens is 2. The van der Waals surface area contributed by atoms with E-state index in [1.54, 1.807) is 0 Å². The third kappa shape index (κ3) is 1.30. The van der Waals surface area contributed by atoms with Crippen molar-refractivity contribution in [3.63, 3.8) is 0 Å². The fourth-order valence-electron chi connectivity index (χ4n) is 1.23. The average Bonchev–Trinajstić information content (AvgIpc) is 2.66. The minimum absolute atomic E-state index is 0.0211.